The van der Waals surface area contributed by atoms with E-state index in [-0.39, 0.29) is 18.4 Å². The Bertz CT molecular complexity index is 1200. The zero-order valence-corrected chi connectivity index (χ0v) is 23.1. The van der Waals surface area contributed by atoms with Crippen LogP contribution in [0.4, 0.5) is 10.5 Å². The van der Waals surface area contributed by atoms with Gasteiger partial charge in [-0.1, -0.05) is 37.3 Å². The van der Waals surface area contributed by atoms with Crippen LogP contribution in [0.2, 0.25) is 0 Å². The molecule has 2 aromatic carbocycles. The second-order valence-electron chi connectivity index (χ2n) is 11.2. The number of rotatable bonds is 8. The highest BCUT2D eigenvalue weighted by Gasteiger charge is 2.72. The lowest BCUT2D eigenvalue weighted by Gasteiger charge is -2.64. The van der Waals surface area contributed by atoms with Crippen LogP contribution in [-0.2, 0) is 31.0 Å². The third-order valence-electron chi connectivity index (χ3n) is 8.12. The number of hydrogen-bond acceptors (Lipinski definition) is 6. The Morgan fingerprint density at radius 3 is 2.37 bits per heavy atom. The van der Waals surface area contributed by atoms with Crippen molar-refractivity contribution in [3.63, 3.8) is 0 Å². The molecule has 0 unspecified atom stereocenters. The molecule has 0 saturated heterocycles. The smallest absolute Gasteiger partial charge is 0.410 e. The lowest BCUT2D eigenvalue weighted by Crippen LogP contribution is -2.70. The molecule has 4 rings (SSSR count). The molecule has 38 heavy (non-hydrogen) atoms. The number of anilines is 1. The summed E-state index contributed by atoms with van der Waals surface area (Å²) in [5.74, 6) is -0.0994. The van der Waals surface area contributed by atoms with Crippen molar-refractivity contribution in [3.05, 3.63) is 59.7 Å². The first-order chi connectivity index (χ1) is 18.0. The molecule has 1 aliphatic heterocycles. The van der Waals surface area contributed by atoms with E-state index in [0.29, 0.717) is 31.5 Å². The number of carbonyl (C=O) groups is 3. The predicted octanol–water partition coefficient (Wildman–Crippen LogP) is 5.30. The molecule has 1 heterocycles. The number of carbonyl (C=O) groups excluding carboxylic acids is 3. The molecule has 1 aliphatic carbocycles. The SMILES string of the molecule is CC[C@]1(C(=O)OC)C[C@@H]2C(=O)Nc3ccccc3[C@@]21CCN(Cc1ccc(OC)cc1)C(=O)OC(C)(C)C. The normalized spacial score (nSPS) is 23.7. The van der Waals surface area contributed by atoms with Gasteiger partial charge in [-0.25, -0.2) is 4.79 Å². The maximum atomic E-state index is 13.4. The van der Waals surface area contributed by atoms with Crippen molar-refractivity contribution >= 4 is 23.7 Å². The Kier molecular flexibility index (Phi) is 7.46. The second kappa shape index (κ2) is 10.3. The summed E-state index contributed by atoms with van der Waals surface area (Å²) in [5.41, 5.74) is 0.165. The van der Waals surface area contributed by atoms with Crippen molar-refractivity contribution in [2.45, 2.75) is 64.5 Å². The van der Waals surface area contributed by atoms with E-state index in [1.54, 1.807) is 12.0 Å². The van der Waals surface area contributed by atoms with E-state index in [2.05, 4.69) is 5.32 Å². The molecular weight excluding hydrogens is 484 g/mol. The van der Waals surface area contributed by atoms with Gasteiger partial charge in [0.05, 0.1) is 25.6 Å². The molecule has 2 amide bonds. The molecule has 1 fully saturated rings. The molecule has 1 saturated carbocycles. The van der Waals surface area contributed by atoms with Crippen molar-refractivity contribution in [2.75, 3.05) is 26.1 Å². The third-order valence-corrected chi connectivity index (χ3v) is 8.12. The zero-order chi connectivity index (χ0) is 27.7. The highest BCUT2D eigenvalue weighted by molar-refractivity contribution is 6.01. The van der Waals surface area contributed by atoms with Gasteiger partial charge in [0.1, 0.15) is 11.4 Å². The number of esters is 1. The van der Waals surface area contributed by atoms with Gasteiger partial charge in [0.2, 0.25) is 5.91 Å². The van der Waals surface area contributed by atoms with Crippen molar-refractivity contribution in [3.8, 4) is 5.75 Å². The van der Waals surface area contributed by atoms with Gasteiger partial charge in [-0.15, -0.1) is 0 Å². The van der Waals surface area contributed by atoms with E-state index < -0.39 is 28.4 Å². The fourth-order valence-electron chi connectivity index (χ4n) is 6.31. The first kappa shape index (κ1) is 27.5. The molecule has 1 N–H and O–H groups in total. The molecule has 0 radical (unpaired) electrons. The summed E-state index contributed by atoms with van der Waals surface area (Å²) in [7, 11) is 3.00. The summed E-state index contributed by atoms with van der Waals surface area (Å²) >= 11 is 0. The van der Waals surface area contributed by atoms with E-state index in [9.17, 15) is 14.4 Å². The minimum absolute atomic E-state index is 0.101. The van der Waals surface area contributed by atoms with Crippen LogP contribution in [0, 0.1) is 11.3 Å². The lowest BCUT2D eigenvalue weighted by atomic mass is 9.38. The first-order valence-electron chi connectivity index (χ1n) is 13.1. The summed E-state index contributed by atoms with van der Waals surface area (Å²) in [6, 6.07) is 15.2. The van der Waals surface area contributed by atoms with Gasteiger partial charge >= 0.3 is 12.1 Å². The minimum Gasteiger partial charge on any atom is -0.497 e. The number of ether oxygens (including phenoxy) is 3. The van der Waals surface area contributed by atoms with Gasteiger partial charge in [0.25, 0.3) is 0 Å². The maximum Gasteiger partial charge on any atom is 0.410 e. The topological polar surface area (TPSA) is 94.2 Å². The number of methoxy groups -OCH3 is 2. The maximum absolute atomic E-state index is 13.4. The number of nitrogens with zero attached hydrogens (tertiary/aromatic N) is 1. The van der Waals surface area contributed by atoms with Crippen molar-refractivity contribution in [1.82, 2.24) is 4.90 Å². The Balaban J connectivity index is 1.74. The highest BCUT2D eigenvalue weighted by Crippen LogP contribution is 2.68. The lowest BCUT2D eigenvalue weighted by molar-refractivity contribution is -0.183. The number of amides is 2. The molecular formula is C30H38N2O6. The van der Waals surface area contributed by atoms with Crippen LogP contribution in [0.25, 0.3) is 0 Å². The molecule has 2 aliphatic rings. The summed E-state index contributed by atoms with van der Waals surface area (Å²) in [4.78, 5) is 41.7. The van der Waals surface area contributed by atoms with Gasteiger partial charge in [-0.2, -0.15) is 0 Å². The molecule has 2 aromatic rings. The van der Waals surface area contributed by atoms with E-state index in [1.807, 2.05) is 76.2 Å². The van der Waals surface area contributed by atoms with Crippen molar-refractivity contribution in [1.29, 1.82) is 0 Å². The first-order valence-corrected chi connectivity index (χ1v) is 13.1. The van der Waals surface area contributed by atoms with Gasteiger partial charge in [0.15, 0.2) is 0 Å². The summed E-state index contributed by atoms with van der Waals surface area (Å²) in [6.45, 7) is 8.06. The summed E-state index contributed by atoms with van der Waals surface area (Å²) < 4.78 is 16.4. The van der Waals surface area contributed by atoms with Crippen LogP contribution in [0.5, 0.6) is 5.75 Å². The monoisotopic (exact) mass is 522 g/mol. The number of benzene rings is 2. The second-order valence-corrected chi connectivity index (χ2v) is 11.2. The van der Waals surface area contributed by atoms with Crippen molar-refractivity contribution in [2.24, 2.45) is 11.3 Å². The molecule has 3 atom stereocenters. The highest BCUT2D eigenvalue weighted by atomic mass is 16.6. The average Bonchev–Trinajstić information content (AvgIpc) is 2.87. The van der Waals surface area contributed by atoms with Crippen LogP contribution in [0.15, 0.2) is 48.5 Å². The van der Waals surface area contributed by atoms with E-state index >= 15 is 0 Å². The van der Waals surface area contributed by atoms with Gasteiger partial charge in [-0.3, -0.25) is 9.59 Å². The Hall–Kier alpha value is -3.55. The standard InChI is InChI=1S/C30H38N2O6/c1-7-29(26(34)37-6)18-23-25(33)31-24-11-9-8-10-22(24)30(23,29)16-17-32(27(35)38-28(2,3)4)19-20-12-14-21(36-5)15-13-20/h8-15,23H,7,16-19H2,1-6H3,(H,31,33)/t23-,29-,30+/m1/s1. The van der Waals surface area contributed by atoms with Gasteiger partial charge in [-0.05, 0) is 69.4 Å². The number of hydrogen-bond donors (Lipinski definition) is 1. The molecule has 0 aromatic heterocycles. The van der Waals surface area contributed by atoms with E-state index in [1.165, 1.54) is 7.11 Å². The Labute approximate surface area is 224 Å². The molecule has 8 heteroatoms. The average molecular weight is 523 g/mol. The van der Waals surface area contributed by atoms with Crippen LogP contribution >= 0.6 is 0 Å². The number of nitrogens with one attached hydrogen (secondary N) is 1. The predicted molar refractivity (Wildman–Crippen MR) is 144 cm³/mol. The molecule has 204 valence electrons. The largest absolute Gasteiger partial charge is 0.497 e. The molecule has 8 nitrogen and oxygen atoms in total. The van der Waals surface area contributed by atoms with Gasteiger partial charge in [0, 0.05) is 24.2 Å². The fourth-order valence-corrected chi connectivity index (χ4v) is 6.31. The third kappa shape index (κ3) is 4.61. The van der Waals surface area contributed by atoms with Crippen LogP contribution in [0.3, 0.4) is 0 Å². The molecule has 0 bridgehead atoms. The van der Waals surface area contributed by atoms with E-state index in [4.69, 9.17) is 14.2 Å². The molecule has 0 spiro atoms. The van der Waals surface area contributed by atoms with Gasteiger partial charge < -0.3 is 24.4 Å². The number of fused-ring (bicyclic) bond motifs is 3. The Morgan fingerprint density at radius 2 is 1.76 bits per heavy atom. The van der Waals surface area contributed by atoms with Crippen LogP contribution in [-0.4, -0.2) is 49.2 Å². The Morgan fingerprint density at radius 1 is 1.08 bits per heavy atom. The zero-order valence-electron chi connectivity index (χ0n) is 23.1. The van der Waals surface area contributed by atoms with E-state index in [0.717, 1.165) is 16.9 Å². The summed E-state index contributed by atoms with van der Waals surface area (Å²) in [5, 5.41) is 3.02. The fraction of sp³-hybridized carbons (Fsp3) is 0.500. The van der Waals surface area contributed by atoms with Crippen molar-refractivity contribution < 1.29 is 28.6 Å². The van der Waals surface area contributed by atoms with Crippen LogP contribution in [0.1, 0.15) is 58.1 Å². The quantitative estimate of drug-likeness (QED) is 0.473. The number of para-hydroxylation sites is 1. The minimum atomic E-state index is -0.875. The van der Waals surface area contributed by atoms with Crippen LogP contribution < -0.4 is 10.1 Å². The summed E-state index contributed by atoms with van der Waals surface area (Å²) in [6.07, 6.45) is 0.874.